The zero-order chi connectivity index (χ0) is 46.0. The van der Waals surface area contributed by atoms with Gasteiger partial charge < -0.3 is 42.0 Å². The fourth-order valence-corrected chi connectivity index (χ4v) is 7.25. The van der Waals surface area contributed by atoms with Crippen LogP contribution in [0, 0.1) is 5.92 Å². The number of amides is 8. The second kappa shape index (κ2) is 24.7. The summed E-state index contributed by atoms with van der Waals surface area (Å²) in [5, 5.41) is 13.5. The molecule has 1 fully saturated rings. The number of nitrogens with two attached hydrogens (primary N) is 2. The van der Waals surface area contributed by atoms with Crippen molar-refractivity contribution in [2.45, 2.75) is 121 Å². The zero-order valence-corrected chi connectivity index (χ0v) is 37.2. The highest BCUT2D eigenvalue weighted by molar-refractivity contribution is 7.98. The molecule has 1 aliphatic heterocycles. The summed E-state index contributed by atoms with van der Waals surface area (Å²) in [7, 11) is 0. The molecule has 340 valence electrons. The number of hydrogen-bond donors (Lipinski definition) is 8. The lowest BCUT2D eigenvalue weighted by atomic mass is 10.0. The Kier molecular flexibility index (Phi) is 20.2. The molecule has 18 nitrogen and oxygen atoms in total. The van der Waals surface area contributed by atoms with E-state index in [-0.39, 0.29) is 51.0 Å². The quantitative estimate of drug-likeness (QED) is 0.0443. The van der Waals surface area contributed by atoms with Gasteiger partial charge in [-0.1, -0.05) is 74.5 Å². The van der Waals surface area contributed by atoms with Crippen molar-refractivity contribution in [1.82, 2.24) is 36.9 Å². The normalized spacial score (nSPS) is 16.2. The topological polar surface area (TPSA) is 273 Å². The molecule has 19 heteroatoms. The molecule has 0 radical (unpaired) electrons. The number of alkyl carbamates (subject to hydrolysis) is 1. The van der Waals surface area contributed by atoms with Gasteiger partial charge in [0, 0.05) is 25.8 Å². The molecule has 2 aromatic rings. The maximum atomic E-state index is 14.3. The minimum absolute atomic E-state index is 0.00942. The lowest BCUT2D eigenvalue weighted by Gasteiger charge is -2.30. The van der Waals surface area contributed by atoms with Crippen molar-refractivity contribution in [3.05, 3.63) is 71.8 Å². The van der Waals surface area contributed by atoms with Gasteiger partial charge in [-0.05, 0) is 75.5 Å². The van der Waals surface area contributed by atoms with Crippen molar-refractivity contribution >= 4 is 59.2 Å². The molecule has 8 amide bonds. The van der Waals surface area contributed by atoms with Gasteiger partial charge in [0.2, 0.25) is 35.4 Å². The molecule has 0 saturated carbocycles. The largest absolute Gasteiger partial charge is 0.444 e. The number of rotatable bonds is 23. The third-order valence-electron chi connectivity index (χ3n) is 9.83. The number of ether oxygens (including phenoxy) is 1. The third kappa shape index (κ3) is 17.0. The minimum Gasteiger partial charge on any atom is -0.444 e. The molecule has 3 rings (SSSR count). The summed E-state index contributed by atoms with van der Waals surface area (Å²) in [4.78, 5) is 108. The summed E-state index contributed by atoms with van der Waals surface area (Å²) in [6, 6.07) is 11.0. The van der Waals surface area contributed by atoms with Crippen LogP contribution < -0.4 is 43.6 Å². The molecule has 62 heavy (non-hydrogen) atoms. The van der Waals surface area contributed by atoms with E-state index in [2.05, 4.69) is 32.0 Å². The summed E-state index contributed by atoms with van der Waals surface area (Å²) in [6.07, 6.45) is 1.27. The van der Waals surface area contributed by atoms with Crippen LogP contribution in [-0.4, -0.2) is 113 Å². The number of thioether (sulfide) groups is 1. The number of hydrogen-bond acceptors (Lipinski definition) is 11. The van der Waals surface area contributed by atoms with Crippen LogP contribution in [0.25, 0.3) is 0 Å². The third-order valence-corrected chi connectivity index (χ3v) is 10.5. The second-order valence-corrected chi connectivity index (χ2v) is 17.6. The molecule has 1 aliphatic rings. The summed E-state index contributed by atoms with van der Waals surface area (Å²) in [6.45, 7) is 8.88. The summed E-state index contributed by atoms with van der Waals surface area (Å²) < 4.78 is 5.32. The van der Waals surface area contributed by atoms with Crippen molar-refractivity contribution in [2.75, 3.05) is 18.6 Å². The molecule has 0 aromatic heterocycles. The number of primary amides is 1. The Morgan fingerprint density at radius 1 is 0.758 bits per heavy atom. The van der Waals surface area contributed by atoms with Crippen molar-refractivity contribution in [2.24, 2.45) is 17.5 Å². The highest BCUT2D eigenvalue weighted by atomic mass is 32.2. The van der Waals surface area contributed by atoms with Gasteiger partial charge in [0.25, 0.3) is 5.91 Å². The first-order valence-corrected chi connectivity index (χ1v) is 22.1. The van der Waals surface area contributed by atoms with Gasteiger partial charge in [-0.15, -0.1) is 0 Å². The molecule has 2 aromatic carbocycles. The van der Waals surface area contributed by atoms with Gasteiger partial charge >= 0.3 is 6.09 Å². The average Bonchev–Trinajstić information content (AvgIpc) is 3.57. The molecule has 0 spiro atoms. The number of likely N-dealkylation sites (tertiary alicyclic amines) is 1. The Labute approximate surface area is 367 Å². The van der Waals surface area contributed by atoms with E-state index in [0.29, 0.717) is 23.3 Å². The Bertz CT molecular complexity index is 1850. The van der Waals surface area contributed by atoms with Crippen LogP contribution in [0.15, 0.2) is 60.7 Å². The van der Waals surface area contributed by atoms with E-state index < -0.39 is 89.3 Å². The van der Waals surface area contributed by atoms with E-state index in [1.165, 1.54) is 16.7 Å². The zero-order valence-electron chi connectivity index (χ0n) is 36.4. The fraction of sp³-hybridized carbons (Fsp3) is 0.535. The average molecular weight is 882 g/mol. The van der Waals surface area contributed by atoms with Gasteiger partial charge in [0.15, 0.2) is 0 Å². The number of benzene rings is 2. The highest BCUT2D eigenvalue weighted by Gasteiger charge is 2.42. The molecule has 0 unspecified atom stereocenters. The molecule has 0 bridgehead atoms. The van der Waals surface area contributed by atoms with Crippen LogP contribution in [-0.2, 0) is 51.1 Å². The van der Waals surface area contributed by atoms with Gasteiger partial charge in [0.1, 0.15) is 41.9 Å². The van der Waals surface area contributed by atoms with E-state index in [9.17, 15) is 38.4 Å². The predicted molar refractivity (Wildman–Crippen MR) is 235 cm³/mol. The number of hydrazine groups is 1. The van der Waals surface area contributed by atoms with Crippen LogP contribution in [0.3, 0.4) is 0 Å². The van der Waals surface area contributed by atoms with E-state index >= 15 is 0 Å². The Balaban J connectivity index is 1.88. The van der Waals surface area contributed by atoms with Crippen LogP contribution in [0.5, 0.6) is 0 Å². The Hall–Kier alpha value is -5.69. The summed E-state index contributed by atoms with van der Waals surface area (Å²) >= 11 is 1.50. The first-order chi connectivity index (χ1) is 29.3. The fourth-order valence-electron chi connectivity index (χ4n) is 6.78. The van der Waals surface area contributed by atoms with Crippen molar-refractivity contribution in [3.8, 4) is 0 Å². The van der Waals surface area contributed by atoms with Gasteiger partial charge in [-0.3, -0.25) is 39.0 Å². The van der Waals surface area contributed by atoms with E-state index in [1.54, 1.807) is 81.4 Å². The van der Waals surface area contributed by atoms with Crippen molar-refractivity contribution in [3.63, 3.8) is 0 Å². The predicted octanol–water partition coefficient (Wildman–Crippen LogP) is 0.960. The first-order valence-electron chi connectivity index (χ1n) is 20.7. The SMILES string of the molecule is CSCC[C@H](NC(=O)[C@@H](CC(C)C)N1CC[C@@H](NC(=O)[C@H](Cc2ccccc2)NC(=O)[C@H](Cc2ccccc2)NC(=O)[C@H](CCC(N)=O)NC(=O)OC(C)(C)C)C1=O)C(=O)NN. The van der Waals surface area contributed by atoms with Crippen LogP contribution in [0.1, 0.15) is 77.8 Å². The summed E-state index contributed by atoms with van der Waals surface area (Å²) in [5.41, 5.74) is 7.91. The van der Waals surface area contributed by atoms with E-state index in [4.69, 9.17) is 16.3 Å². The van der Waals surface area contributed by atoms with Gasteiger partial charge in [-0.2, -0.15) is 11.8 Å². The minimum atomic E-state index is -1.32. The first kappa shape index (κ1) is 50.7. The smallest absolute Gasteiger partial charge is 0.408 e. The lowest BCUT2D eigenvalue weighted by Crippen LogP contribution is -2.59. The van der Waals surface area contributed by atoms with Crippen LogP contribution in [0.2, 0.25) is 0 Å². The van der Waals surface area contributed by atoms with Gasteiger partial charge in [-0.25, -0.2) is 10.6 Å². The summed E-state index contributed by atoms with van der Waals surface area (Å²) in [5.74, 6) is 1.44. The van der Waals surface area contributed by atoms with E-state index in [0.717, 1.165) is 0 Å². The maximum absolute atomic E-state index is 14.3. The van der Waals surface area contributed by atoms with Crippen LogP contribution in [0.4, 0.5) is 4.79 Å². The highest BCUT2D eigenvalue weighted by Crippen LogP contribution is 2.21. The number of carbonyl (C=O) groups excluding carboxylic acids is 8. The standard InChI is InChI=1S/C43H63N9O9S/c1-26(2)23-34(40(58)46-30(20-22-62-6)39(57)51-45)52-21-19-31(41(52)59)47-37(55)32(24-27-13-9-7-10-14-27)49-38(56)33(25-28-15-11-8-12-16-28)48-36(54)29(17-18-35(44)53)50-42(60)61-43(3,4)5/h7-16,26,29-34H,17-25,45H2,1-6H3,(H2,44,53)(H,46,58)(H,47,55)(H,48,54)(H,49,56)(H,50,60)(H,51,57)/t29-,30-,31+,32-,33-,34+/m0/s1. The van der Waals surface area contributed by atoms with E-state index in [1.807, 2.05) is 20.1 Å². The molecule has 1 saturated heterocycles. The number of nitrogens with zero attached hydrogens (tertiary/aromatic N) is 1. The number of carbonyl (C=O) groups is 8. The van der Waals surface area contributed by atoms with Crippen molar-refractivity contribution < 1.29 is 43.1 Å². The molecular formula is C43H63N9O9S. The number of nitrogens with one attached hydrogen (secondary N) is 6. The monoisotopic (exact) mass is 881 g/mol. The molecule has 6 atom stereocenters. The Morgan fingerprint density at radius 2 is 1.27 bits per heavy atom. The molecule has 1 heterocycles. The molecule has 10 N–H and O–H groups in total. The second-order valence-electron chi connectivity index (χ2n) is 16.6. The van der Waals surface area contributed by atoms with Crippen molar-refractivity contribution in [1.29, 1.82) is 0 Å². The molecule has 0 aliphatic carbocycles. The maximum Gasteiger partial charge on any atom is 0.408 e. The Morgan fingerprint density at radius 3 is 1.77 bits per heavy atom. The molecular weight excluding hydrogens is 819 g/mol. The van der Waals surface area contributed by atoms with Crippen LogP contribution >= 0.6 is 11.8 Å². The van der Waals surface area contributed by atoms with Gasteiger partial charge in [0.05, 0.1) is 0 Å². The lowest BCUT2D eigenvalue weighted by molar-refractivity contribution is -0.141.